The Morgan fingerprint density at radius 2 is 1.33 bits per heavy atom. The first-order valence-electron chi connectivity index (χ1n) is 8.74. The lowest BCUT2D eigenvalue weighted by Gasteiger charge is -2.17. The van der Waals surface area contributed by atoms with Crippen molar-refractivity contribution >= 4 is 11.9 Å². The van der Waals surface area contributed by atoms with Crippen LogP contribution in [0.5, 0.6) is 0 Å². The van der Waals surface area contributed by atoms with Gasteiger partial charge in [-0.15, -0.1) is 0 Å². The second kappa shape index (κ2) is 8.81. The average molecular weight is 359 g/mol. The molecule has 0 aliphatic rings. The van der Waals surface area contributed by atoms with Crippen molar-refractivity contribution in [2.75, 3.05) is 13.7 Å². The van der Waals surface area contributed by atoms with Crippen LogP contribution in [0.25, 0.3) is 11.1 Å². The van der Waals surface area contributed by atoms with Gasteiger partial charge in [0.1, 0.15) is 0 Å². The van der Waals surface area contributed by atoms with Gasteiger partial charge in [0.15, 0.2) is 6.61 Å². The maximum atomic E-state index is 12.2. The zero-order valence-corrected chi connectivity index (χ0v) is 15.2. The molecule has 136 valence electrons. The molecule has 1 amide bonds. The number of benzene rings is 3. The fourth-order valence-electron chi connectivity index (χ4n) is 2.70. The molecule has 27 heavy (non-hydrogen) atoms. The molecule has 0 spiro atoms. The summed E-state index contributed by atoms with van der Waals surface area (Å²) in [7, 11) is 1.69. The number of carbonyl (C=O) groups excluding carboxylic acids is 2. The van der Waals surface area contributed by atoms with Gasteiger partial charge < -0.3 is 9.64 Å². The molecule has 0 aromatic heterocycles. The number of esters is 1. The summed E-state index contributed by atoms with van der Waals surface area (Å²) in [6.07, 6.45) is 0. The molecule has 0 aliphatic heterocycles. The van der Waals surface area contributed by atoms with E-state index in [0.717, 1.165) is 16.7 Å². The SMILES string of the molecule is CN(Cc1ccccc1)C(=O)COC(=O)c1ccc(-c2ccccc2)cc1. The highest BCUT2D eigenvalue weighted by molar-refractivity contribution is 5.91. The molecule has 3 aromatic rings. The van der Waals surface area contributed by atoms with Gasteiger partial charge in [0.2, 0.25) is 0 Å². The number of amides is 1. The van der Waals surface area contributed by atoms with E-state index >= 15 is 0 Å². The molecule has 0 aliphatic carbocycles. The van der Waals surface area contributed by atoms with Crippen molar-refractivity contribution in [2.24, 2.45) is 0 Å². The largest absolute Gasteiger partial charge is 0.452 e. The third-order valence-electron chi connectivity index (χ3n) is 4.24. The van der Waals surface area contributed by atoms with Crippen LogP contribution in [-0.2, 0) is 16.1 Å². The molecule has 0 atom stereocenters. The first kappa shape index (κ1) is 18.4. The number of ether oxygens (including phenoxy) is 1. The molecular formula is C23H21NO3. The van der Waals surface area contributed by atoms with Gasteiger partial charge >= 0.3 is 5.97 Å². The average Bonchev–Trinajstić information content (AvgIpc) is 2.73. The van der Waals surface area contributed by atoms with Crippen LogP contribution in [0.3, 0.4) is 0 Å². The van der Waals surface area contributed by atoms with Crippen LogP contribution in [0.4, 0.5) is 0 Å². The van der Waals surface area contributed by atoms with E-state index in [1.807, 2.05) is 72.8 Å². The summed E-state index contributed by atoms with van der Waals surface area (Å²) in [4.78, 5) is 25.9. The molecule has 0 saturated carbocycles. The lowest BCUT2D eigenvalue weighted by Crippen LogP contribution is -2.30. The minimum Gasteiger partial charge on any atom is -0.452 e. The van der Waals surface area contributed by atoms with Crippen molar-refractivity contribution in [3.05, 3.63) is 96.1 Å². The van der Waals surface area contributed by atoms with Gasteiger partial charge in [0.25, 0.3) is 5.91 Å². The minimum atomic E-state index is -0.504. The Hall–Kier alpha value is -3.40. The summed E-state index contributed by atoms with van der Waals surface area (Å²) < 4.78 is 5.16. The molecular weight excluding hydrogens is 338 g/mol. The molecule has 0 bridgehead atoms. The van der Waals surface area contributed by atoms with Crippen molar-refractivity contribution < 1.29 is 14.3 Å². The Morgan fingerprint density at radius 3 is 1.96 bits per heavy atom. The van der Waals surface area contributed by atoms with E-state index in [4.69, 9.17) is 4.74 Å². The van der Waals surface area contributed by atoms with Crippen LogP contribution in [-0.4, -0.2) is 30.4 Å². The zero-order valence-electron chi connectivity index (χ0n) is 15.2. The molecule has 4 nitrogen and oxygen atoms in total. The molecule has 0 radical (unpaired) electrons. The lowest BCUT2D eigenvalue weighted by atomic mass is 10.0. The minimum absolute atomic E-state index is 0.242. The molecule has 4 heteroatoms. The predicted molar refractivity (Wildman–Crippen MR) is 105 cm³/mol. The summed E-state index contributed by atoms with van der Waals surface area (Å²) in [5.74, 6) is -0.746. The van der Waals surface area contributed by atoms with E-state index in [0.29, 0.717) is 12.1 Å². The Morgan fingerprint density at radius 1 is 0.778 bits per heavy atom. The fraction of sp³-hybridized carbons (Fsp3) is 0.130. The molecule has 3 aromatic carbocycles. The van der Waals surface area contributed by atoms with E-state index < -0.39 is 5.97 Å². The monoisotopic (exact) mass is 359 g/mol. The van der Waals surface area contributed by atoms with E-state index in [2.05, 4.69) is 0 Å². The summed E-state index contributed by atoms with van der Waals surface area (Å²) >= 11 is 0. The Labute approximate surface area is 159 Å². The van der Waals surface area contributed by atoms with Gasteiger partial charge in [0.05, 0.1) is 5.56 Å². The third kappa shape index (κ3) is 5.05. The highest BCUT2D eigenvalue weighted by atomic mass is 16.5. The van der Waals surface area contributed by atoms with Gasteiger partial charge in [-0.1, -0.05) is 72.8 Å². The number of carbonyl (C=O) groups is 2. The van der Waals surface area contributed by atoms with E-state index in [1.54, 1.807) is 24.1 Å². The number of hydrogen-bond acceptors (Lipinski definition) is 3. The van der Waals surface area contributed by atoms with Crippen molar-refractivity contribution in [2.45, 2.75) is 6.54 Å². The molecule has 3 rings (SSSR count). The number of hydrogen-bond donors (Lipinski definition) is 0. The molecule has 0 saturated heterocycles. The van der Waals surface area contributed by atoms with E-state index in [9.17, 15) is 9.59 Å². The third-order valence-corrected chi connectivity index (χ3v) is 4.24. The second-order valence-corrected chi connectivity index (χ2v) is 6.25. The highest BCUT2D eigenvalue weighted by Gasteiger charge is 2.14. The van der Waals surface area contributed by atoms with Crippen LogP contribution in [0.2, 0.25) is 0 Å². The van der Waals surface area contributed by atoms with Crippen LogP contribution in [0.1, 0.15) is 15.9 Å². The van der Waals surface area contributed by atoms with Crippen LogP contribution in [0, 0.1) is 0 Å². The predicted octanol–water partition coefficient (Wildman–Crippen LogP) is 4.17. The van der Waals surface area contributed by atoms with E-state index in [1.165, 1.54) is 0 Å². The van der Waals surface area contributed by atoms with E-state index in [-0.39, 0.29) is 12.5 Å². The smallest absolute Gasteiger partial charge is 0.338 e. The number of likely N-dealkylation sites (N-methyl/N-ethyl adjacent to an activating group) is 1. The van der Waals surface area contributed by atoms with Crippen LogP contribution in [0.15, 0.2) is 84.9 Å². The quantitative estimate of drug-likeness (QED) is 0.621. The van der Waals surface area contributed by atoms with Crippen LogP contribution < -0.4 is 0 Å². The normalized spacial score (nSPS) is 10.3. The summed E-state index contributed by atoms with van der Waals surface area (Å²) in [6, 6.07) is 26.7. The van der Waals surface area contributed by atoms with Crippen molar-refractivity contribution in [3.8, 4) is 11.1 Å². The van der Waals surface area contributed by atoms with Gasteiger partial charge in [-0.05, 0) is 28.8 Å². The highest BCUT2D eigenvalue weighted by Crippen LogP contribution is 2.19. The summed E-state index contributed by atoms with van der Waals surface area (Å²) in [5.41, 5.74) is 3.55. The van der Waals surface area contributed by atoms with Gasteiger partial charge in [-0.3, -0.25) is 4.79 Å². The summed E-state index contributed by atoms with van der Waals surface area (Å²) in [5, 5.41) is 0. The fourth-order valence-corrected chi connectivity index (χ4v) is 2.70. The molecule has 0 heterocycles. The number of rotatable bonds is 6. The second-order valence-electron chi connectivity index (χ2n) is 6.25. The Bertz CT molecular complexity index is 890. The molecule has 0 fully saturated rings. The molecule has 0 unspecified atom stereocenters. The first-order chi connectivity index (χ1) is 13.1. The molecule has 0 N–H and O–H groups in total. The summed E-state index contributed by atoms with van der Waals surface area (Å²) in [6.45, 7) is 0.200. The van der Waals surface area contributed by atoms with Gasteiger partial charge in [-0.2, -0.15) is 0 Å². The lowest BCUT2D eigenvalue weighted by molar-refractivity contribution is -0.133. The first-order valence-corrected chi connectivity index (χ1v) is 8.74. The maximum Gasteiger partial charge on any atom is 0.338 e. The Balaban J connectivity index is 1.53. The van der Waals surface area contributed by atoms with Gasteiger partial charge in [0, 0.05) is 13.6 Å². The number of nitrogens with zero attached hydrogens (tertiary/aromatic N) is 1. The van der Waals surface area contributed by atoms with Crippen molar-refractivity contribution in [3.63, 3.8) is 0 Å². The Kier molecular flexibility index (Phi) is 6.00. The van der Waals surface area contributed by atoms with Gasteiger partial charge in [-0.25, -0.2) is 4.79 Å². The van der Waals surface area contributed by atoms with Crippen molar-refractivity contribution in [1.82, 2.24) is 4.90 Å². The maximum absolute atomic E-state index is 12.2. The van der Waals surface area contributed by atoms with Crippen LogP contribution >= 0.6 is 0 Å². The zero-order chi connectivity index (χ0) is 19.1. The topological polar surface area (TPSA) is 46.6 Å². The standard InChI is InChI=1S/C23H21NO3/c1-24(16-18-8-4-2-5-9-18)22(25)17-27-23(26)21-14-12-20(13-15-21)19-10-6-3-7-11-19/h2-15H,16-17H2,1H3. The van der Waals surface area contributed by atoms with Crippen molar-refractivity contribution in [1.29, 1.82) is 0 Å².